The molecule has 1 aliphatic rings. The second-order valence-corrected chi connectivity index (χ2v) is 7.70. The van der Waals surface area contributed by atoms with E-state index in [0.717, 1.165) is 32.4 Å². The Balaban J connectivity index is 2.01. The number of piperidine rings is 1. The van der Waals surface area contributed by atoms with Crippen molar-refractivity contribution in [3.8, 4) is 0 Å². The zero-order valence-electron chi connectivity index (χ0n) is 16.8. The van der Waals surface area contributed by atoms with Gasteiger partial charge in [-0.3, -0.25) is 4.79 Å². The molecule has 7 heteroatoms. The monoisotopic (exact) mass is 388 g/mol. The average molecular weight is 388 g/mol. The highest BCUT2D eigenvalue weighted by molar-refractivity contribution is 6.40. The SMILES string of the molecule is CC/C=C(/c1ccccc1)N1CCC(C(N)(CCCCB(O)O)C(=O)O)CC1. The van der Waals surface area contributed by atoms with Gasteiger partial charge in [-0.05, 0) is 43.5 Å². The highest BCUT2D eigenvalue weighted by Gasteiger charge is 2.43. The first-order valence-corrected chi connectivity index (χ1v) is 10.3. The van der Waals surface area contributed by atoms with Gasteiger partial charge in [-0.25, -0.2) is 0 Å². The van der Waals surface area contributed by atoms with Gasteiger partial charge in [-0.1, -0.05) is 56.2 Å². The van der Waals surface area contributed by atoms with Crippen molar-refractivity contribution in [1.29, 1.82) is 0 Å². The van der Waals surface area contributed by atoms with Crippen LogP contribution in [0.25, 0.3) is 5.70 Å². The highest BCUT2D eigenvalue weighted by Crippen LogP contribution is 2.34. The number of carboxylic acid groups (broad SMARTS) is 1. The summed E-state index contributed by atoms with van der Waals surface area (Å²) in [7, 11) is -1.35. The second kappa shape index (κ2) is 10.6. The average Bonchev–Trinajstić information content (AvgIpc) is 2.70. The molecule has 0 spiro atoms. The molecule has 1 unspecified atom stereocenters. The molecule has 1 fully saturated rings. The summed E-state index contributed by atoms with van der Waals surface area (Å²) in [4.78, 5) is 14.3. The van der Waals surface area contributed by atoms with Crippen LogP contribution in [0.5, 0.6) is 0 Å². The van der Waals surface area contributed by atoms with Crippen LogP contribution < -0.4 is 5.73 Å². The lowest BCUT2D eigenvalue weighted by Gasteiger charge is -2.41. The standard InChI is InChI=1S/C21H33BN2O4/c1-2-8-19(17-9-4-3-5-10-17)24-15-11-18(12-16-24)21(23,20(25)26)13-6-7-14-22(27)28/h3-5,8-10,18,27-28H,2,6-7,11-16,23H2,1H3,(H,25,26)/b19-8-. The molecule has 28 heavy (non-hydrogen) atoms. The Labute approximate surface area is 168 Å². The number of carbonyl (C=O) groups is 1. The van der Waals surface area contributed by atoms with Crippen LogP contribution in [0.2, 0.25) is 6.32 Å². The van der Waals surface area contributed by atoms with E-state index in [-0.39, 0.29) is 12.2 Å². The number of hydrogen-bond acceptors (Lipinski definition) is 5. The molecule has 1 heterocycles. The molecule has 2 rings (SSSR count). The molecule has 0 radical (unpaired) electrons. The van der Waals surface area contributed by atoms with Crippen molar-refractivity contribution in [2.45, 2.75) is 57.3 Å². The number of hydrogen-bond donors (Lipinski definition) is 4. The van der Waals surface area contributed by atoms with Gasteiger partial charge in [-0.2, -0.15) is 0 Å². The molecular weight excluding hydrogens is 355 g/mol. The summed E-state index contributed by atoms with van der Waals surface area (Å²) >= 11 is 0. The maximum absolute atomic E-state index is 11.9. The van der Waals surface area contributed by atoms with Crippen molar-refractivity contribution in [1.82, 2.24) is 4.90 Å². The third-order valence-electron chi connectivity index (χ3n) is 5.73. The Morgan fingerprint density at radius 2 is 1.89 bits per heavy atom. The molecule has 1 aromatic rings. The lowest BCUT2D eigenvalue weighted by atomic mass is 9.74. The summed E-state index contributed by atoms with van der Waals surface area (Å²) in [5, 5.41) is 27.7. The minimum atomic E-state index is -1.35. The van der Waals surface area contributed by atoms with Crippen LogP contribution >= 0.6 is 0 Å². The largest absolute Gasteiger partial charge is 0.480 e. The first kappa shape index (κ1) is 22.5. The molecule has 1 aliphatic heterocycles. The molecule has 0 amide bonds. The minimum Gasteiger partial charge on any atom is -0.480 e. The summed E-state index contributed by atoms with van der Waals surface area (Å²) < 4.78 is 0. The molecule has 0 bridgehead atoms. The summed E-state index contributed by atoms with van der Waals surface area (Å²) in [6.45, 7) is 3.69. The van der Waals surface area contributed by atoms with Crippen LogP contribution in [0.15, 0.2) is 36.4 Å². The summed E-state index contributed by atoms with van der Waals surface area (Å²) in [5.41, 5.74) is 7.50. The first-order valence-electron chi connectivity index (χ1n) is 10.3. The topological polar surface area (TPSA) is 107 Å². The van der Waals surface area contributed by atoms with Crippen LogP contribution in [0.1, 0.15) is 51.0 Å². The maximum Gasteiger partial charge on any atom is 0.451 e. The van der Waals surface area contributed by atoms with Gasteiger partial charge in [-0.15, -0.1) is 0 Å². The molecule has 6 nitrogen and oxygen atoms in total. The van der Waals surface area contributed by atoms with E-state index in [1.165, 1.54) is 11.3 Å². The van der Waals surface area contributed by atoms with Gasteiger partial charge in [0, 0.05) is 18.8 Å². The number of nitrogens with two attached hydrogens (primary N) is 1. The van der Waals surface area contributed by atoms with Gasteiger partial charge in [0.1, 0.15) is 5.54 Å². The molecule has 154 valence electrons. The molecule has 5 N–H and O–H groups in total. The molecule has 1 atom stereocenters. The normalized spacial score (nSPS) is 18.0. The number of likely N-dealkylation sites (tertiary alicyclic amines) is 1. The van der Waals surface area contributed by atoms with Crippen molar-refractivity contribution in [2.24, 2.45) is 11.7 Å². The Kier molecular flexibility index (Phi) is 8.54. The lowest BCUT2D eigenvalue weighted by molar-refractivity contribution is -0.146. The van der Waals surface area contributed by atoms with Gasteiger partial charge in [0.15, 0.2) is 0 Å². The van der Waals surface area contributed by atoms with Crippen molar-refractivity contribution in [3.63, 3.8) is 0 Å². The van der Waals surface area contributed by atoms with Gasteiger partial charge in [0.05, 0.1) is 0 Å². The van der Waals surface area contributed by atoms with E-state index in [1.54, 1.807) is 0 Å². The predicted octanol–water partition coefficient (Wildman–Crippen LogP) is 2.57. The van der Waals surface area contributed by atoms with E-state index >= 15 is 0 Å². The third-order valence-corrected chi connectivity index (χ3v) is 5.73. The van der Waals surface area contributed by atoms with Crippen molar-refractivity contribution in [2.75, 3.05) is 13.1 Å². The fraction of sp³-hybridized carbons (Fsp3) is 0.571. The van der Waals surface area contributed by atoms with E-state index in [1.807, 2.05) is 18.2 Å². The third kappa shape index (κ3) is 5.83. The highest BCUT2D eigenvalue weighted by atomic mass is 16.4. The lowest BCUT2D eigenvalue weighted by Crippen LogP contribution is -2.56. The molecule has 0 aliphatic carbocycles. The minimum absolute atomic E-state index is 0.0843. The number of nitrogens with zero attached hydrogens (tertiary/aromatic N) is 1. The number of carboxylic acids is 1. The summed E-state index contributed by atoms with van der Waals surface area (Å²) in [5.74, 6) is -1.04. The van der Waals surface area contributed by atoms with Crippen LogP contribution in [0.3, 0.4) is 0 Å². The van der Waals surface area contributed by atoms with Gasteiger partial charge < -0.3 is 25.8 Å². The predicted molar refractivity (Wildman–Crippen MR) is 112 cm³/mol. The van der Waals surface area contributed by atoms with Gasteiger partial charge in [0.2, 0.25) is 0 Å². The number of benzene rings is 1. The molecule has 0 aromatic heterocycles. The zero-order chi connectivity index (χ0) is 20.6. The summed E-state index contributed by atoms with van der Waals surface area (Å²) in [6, 6.07) is 10.3. The van der Waals surface area contributed by atoms with E-state index in [2.05, 4.69) is 30.0 Å². The number of allylic oxidation sites excluding steroid dienone is 1. The smallest absolute Gasteiger partial charge is 0.451 e. The second-order valence-electron chi connectivity index (χ2n) is 7.70. The number of aliphatic carboxylic acids is 1. The van der Waals surface area contributed by atoms with Crippen LogP contribution in [0.4, 0.5) is 0 Å². The molecule has 0 saturated carbocycles. The Morgan fingerprint density at radius 1 is 1.25 bits per heavy atom. The quantitative estimate of drug-likeness (QED) is 0.363. The summed E-state index contributed by atoms with van der Waals surface area (Å²) in [6.07, 6.45) is 6.37. The first-order chi connectivity index (χ1) is 13.4. The van der Waals surface area contributed by atoms with Crippen LogP contribution in [-0.2, 0) is 4.79 Å². The van der Waals surface area contributed by atoms with E-state index in [9.17, 15) is 9.90 Å². The maximum atomic E-state index is 11.9. The number of rotatable bonds is 10. The van der Waals surface area contributed by atoms with Crippen LogP contribution in [0, 0.1) is 5.92 Å². The van der Waals surface area contributed by atoms with Gasteiger partial charge >= 0.3 is 13.1 Å². The Hall–Kier alpha value is -1.83. The van der Waals surface area contributed by atoms with Crippen molar-refractivity contribution >= 4 is 18.8 Å². The van der Waals surface area contributed by atoms with E-state index < -0.39 is 18.6 Å². The molecular formula is C21H33BN2O4. The van der Waals surface area contributed by atoms with Crippen LogP contribution in [-0.4, -0.2) is 51.8 Å². The fourth-order valence-electron chi connectivity index (χ4n) is 4.10. The van der Waals surface area contributed by atoms with Gasteiger partial charge in [0.25, 0.3) is 0 Å². The van der Waals surface area contributed by atoms with E-state index in [0.29, 0.717) is 19.3 Å². The zero-order valence-corrected chi connectivity index (χ0v) is 16.8. The molecule has 1 aromatic carbocycles. The van der Waals surface area contributed by atoms with Crippen molar-refractivity contribution < 1.29 is 19.9 Å². The Morgan fingerprint density at radius 3 is 2.43 bits per heavy atom. The number of unbranched alkanes of at least 4 members (excludes halogenated alkanes) is 1. The Bertz CT molecular complexity index is 645. The fourth-order valence-corrected chi connectivity index (χ4v) is 4.10. The van der Waals surface area contributed by atoms with E-state index in [4.69, 9.17) is 15.8 Å². The van der Waals surface area contributed by atoms with Crippen molar-refractivity contribution in [3.05, 3.63) is 42.0 Å². The molecule has 1 saturated heterocycles.